The Balaban J connectivity index is 2.28. The zero-order valence-corrected chi connectivity index (χ0v) is 13.6. The lowest BCUT2D eigenvalue weighted by Crippen LogP contribution is -1.98. The first-order valence-electron chi connectivity index (χ1n) is 6.49. The lowest BCUT2D eigenvalue weighted by molar-refractivity contribution is 0.302. The highest BCUT2D eigenvalue weighted by Crippen LogP contribution is 2.36. The smallest absolute Gasteiger partial charge is 0.169 e. The van der Waals surface area contributed by atoms with Crippen molar-refractivity contribution in [1.82, 2.24) is 0 Å². The lowest BCUT2D eigenvalue weighted by Gasteiger charge is -2.14. The Morgan fingerprint density at radius 3 is 2.40 bits per heavy atom. The van der Waals surface area contributed by atoms with Crippen molar-refractivity contribution in [2.45, 2.75) is 18.7 Å². The molecule has 2 rings (SSSR count). The van der Waals surface area contributed by atoms with Crippen molar-refractivity contribution in [2.75, 3.05) is 6.61 Å². The summed E-state index contributed by atoms with van der Waals surface area (Å²) in [4.78, 5) is 0. The highest BCUT2D eigenvalue weighted by atomic mass is 79.9. The van der Waals surface area contributed by atoms with Gasteiger partial charge in [0.05, 0.1) is 6.61 Å². The van der Waals surface area contributed by atoms with Crippen LogP contribution in [0.1, 0.15) is 18.9 Å². The number of halogens is 2. The van der Waals surface area contributed by atoms with Crippen LogP contribution in [0.4, 0.5) is 0 Å². The molecule has 0 atom stereocenters. The molecule has 0 aliphatic heterocycles. The Labute approximate surface area is 132 Å². The monoisotopic (exact) mass is 354 g/mol. The Bertz CT molecular complexity index is 572. The first kappa shape index (κ1) is 15.2. The average molecular weight is 356 g/mol. The van der Waals surface area contributed by atoms with Crippen molar-refractivity contribution in [3.05, 3.63) is 53.1 Å². The topological polar surface area (TPSA) is 18.5 Å². The van der Waals surface area contributed by atoms with E-state index >= 15 is 0 Å². The standard InChI is InChI=1S/C16H16BrClO2/c1-2-10-19-15-7-3-4-8-16(15)20-14-9-5-6-13(18)12(14)11-17/h3-9H,2,10-11H2,1H3. The van der Waals surface area contributed by atoms with Gasteiger partial charge < -0.3 is 9.47 Å². The molecule has 0 radical (unpaired) electrons. The van der Waals surface area contributed by atoms with E-state index < -0.39 is 0 Å². The van der Waals surface area contributed by atoms with E-state index in [1.165, 1.54) is 0 Å². The van der Waals surface area contributed by atoms with Crippen LogP contribution in [0.5, 0.6) is 17.2 Å². The van der Waals surface area contributed by atoms with E-state index in [-0.39, 0.29) is 0 Å². The molecule has 20 heavy (non-hydrogen) atoms. The SMILES string of the molecule is CCCOc1ccccc1Oc1cccc(Cl)c1CBr. The molecule has 0 bridgehead atoms. The zero-order chi connectivity index (χ0) is 14.4. The Morgan fingerprint density at radius 2 is 1.70 bits per heavy atom. The Morgan fingerprint density at radius 1 is 1.00 bits per heavy atom. The quantitative estimate of drug-likeness (QED) is 0.608. The molecule has 0 spiro atoms. The maximum Gasteiger partial charge on any atom is 0.169 e. The van der Waals surface area contributed by atoms with Crippen LogP contribution in [0, 0.1) is 0 Å². The normalized spacial score (nSPS) is 10.3. The van der Waals surface area contributed by atoms with Crippen molar-refractivity contribution >= 4 is 27.5 Å². The number of alkyl halides is 1. The second-order valence-corrected chi connectivity index (χ2v) is 5.22. The first-order valence-corrected chi connectivity index (χ1v) is 7.99. The van der Waals surface area contributed by atoms with Gasteiger partial charge in [0, 0.05) is 15.9 Å². The van der Waals surface area contributed by atoms with Crippen molar-refractivity contribution in [2.24, 2.45) is 0 Å². The number of para-hydroxylation sites is 2. The second kappa shape index (κ2) is 7.55. The van der Waals surface area contributed by atoms with Gasteiger partial charge in [-0.25, -0.2) is 0 Å². The molecular formula is C16H16BrClO2. The van der Waals surface area contributed by atoms with Crippen molar-refractivity contribution in [1.29, 1.82) is 0 Å². The minimum absolute atomic E-state index is 0.639. The number of hydrogen-bond donors (Lipinski definition) is 0. The number of ether oxygens (including phenoxy) is 2. The summed E-state index contributed by atoms with van der Waals surface area (Å²) in [6.07, 6.45) is 0.956. The molecule has 2 aromatic rings. The molecular weight excluding hydrogens is 340 g/mol. The van der Waals surface area contributed by atoms with Gasteiger partial charge in [0.25, 0.3) is 0 Å². The van der Waals surface area contributed by atoms with Gasteiger partial charge >= 0.3 is 0 Å². The van der Waals surface area contributed by atoms with Gasteiger partial charge in [-0.2, -0.15) is 0 Å². The summed E-state index contributed by atoms with van der Waals surface area (Å²) in [7, 11) is 0. The van der Waals surface area contributed by atoms with Crippen molar-refractivity contribution in [3.8, 4) is 17.2 Å². The van der Waals surface area contributed by atoms with E-state index in [2.05, 4.69) is 22.9 Å². The van der Waals surface area contributed by atoms with E-state index in [0.717, 1.165) is 23.5 Å². The summed E-state index contributed by atoms with van der Waals surface area (Å²) < 4.78 is 11.7. The van der Waals surface area contributed by atoms with E-state index in [1.807, 2.05) is 42.5 Å². The number of hydrogen-bond acceptors (Lipinski definition) is 2. The van der Waals surface area contributed by atoms with Crippen LogP contribution in [-0.2, 0) is 5.33 Å². The largest absolute Gasteiger partial charge is 0.490 e. The van der Waals surface area contributed by atoms with Gasteiger partial charge in [-0.05, 0) is 30.7 Å². The van der Waals surface area contributed by atoms with Crippen molar-refractivity contribution in [3.63, 3.8) is 0 Å². The minimum atomic E-state index is 0.639. The third-order valence-electron chi connectivity index (χ3n) is 2.74. The summed E-state index contributed by atoms with van der Waals surface area (Å²) in [6, 6.07) is 13.3. The molecule has 0 aliphatic rings. The highest BCUT2D eigenvalue weighted by molar-refractivity contribution is 9.08. The fourth-order valence-electron chi connectivity index (χ4n) is 1.75. The summed E-state index contributed by atoms with van der Waals surface area (Å²) >= 11 is 9.62. The molecule has 0 fully saturated rings. The molecule has 0 saturated carbocycles. The predicted molar refractivity (Wildman–Crippen MR) is 86.4 cm³/mol. The number of rotatable bonds is 6. The van der Waals surface area contributed by atoms with Gasteiger partial charge in [0.15, 0.2) is 11.5 Å². The Hall–Kier alpha value is -1.19. The van der Waals surface area contributed by atoms with Crippen molar-refractivity contribution < 1.29 is 9.47 Å². The third-order valence-corrected chi connectivity index (χ3v) is 3.66. The summed E-state index contributed by atoms with van der Waals surface area (Å²) in [5, 5.41) is 1.33. The molecule has 0 unspecified atom stereocenters. The van der Waals surface area contributed by atoms with Gasteiger partial charge in [-0.3, -0.25) is 0 Å². The van der Waals surface area contributed by atoms with Crippen LogP contribution in [0.3, 0.4) is 0 Å². The molecule has 0 saturated heterocycles. The summed E-state index contributed by atoms with van der Waals surface area (Å²) in [5.74, 6) is 2.18. The van der Waals surface area contributed by atoms with Gasteiger partial charge in [0.1, 0.15) is 5.75 Å². The number of benzene rings is 2. The van der Waals surface area contributed by atoms with Crippen LogP contribution in [-0.4, -0.2) is 6.61 Å². The molecule has 2 aromatic carbocycles. The molecule has 106 valence electrons. The highest BCUT2D eigenvalue weighted by Gasteiger charge is 2.10. The maximum atomic E-state index is 6.18. The predicted octanol–water partition coefficient (Wildman–Crippen LogP) is 5.82. The van der Waals surface area contributed by atoms with E-state index in [9.17, 15) is 0 Å². The molecule has 0 N–H and O–H groups in total. The molecule has 2 nitrogen and oxygen atoms in total. The van der Waals surface area contributed by atoms with Crippen LogP contribution in [0.15, 0.2) is 42.5 Å². The lowest BCUT2D eigenvalue weighted by atomic mass is 10.2. The van der Waals surface area contributed by atoms with E-state index in [1.54, 1.807) is 0 Å². The molecule has 4 heteroatoms. The van der Waals surface area contributed by atoms with Gasteiger partial charge in [-0.15, -0.1) is 0 Å². The fraction of sp³-hybridized carbons (Fsp3) is 0.250. The Kier molecular flexibility index (Phi) is 5.74. The van der Waals surface area contributed by atoms with E-state index in [4.69, 9.17) is 21.1 Å². The van der Waals surface area contributed by atoms with Crippen LogP contribution < -0.4 is 9.47 Å². The van der Waals surface area contributed by atoms with E-state index in [0.29, 0.717) is 22.7 Å². The second-order valence-electron chi connectivity index (χ2n) is 4.25. The molecule has 0 aliphatic carbocycles. The minimum Gasteiger partial charge on any atom is -0.490 e. The zero-order valence-electron chi connectivity index (χ0n) is 11.2. The molecule has 0 amide bonds. The maximum absolute atomic E-state index is 6.18. The van der Waals surface area contributed by atoms with Crippen LogP contribution in [0.2, 0.25) is 5.02 Å². The van der Waals surface area contributed by atoms with Gasteiger partial charge in [-0.1, -0.05) is 52.7 Å². The first-order chi connectivity index (χ1) is 9.76. The van der Waals surface area contributed by atoms with Gasteiger partial charge in [0.2, 0.25) is 0 Å². The summed E-state index contributed by atoms with van der Waals surface area (Å²) in [6.45, 7) is 2.74. The summed E-state index contributed by atoms with van der Waals surface area (Å²) in [5.41, 5.74) is 0.930. The van der Waals surface area contributed by atoms with Crippen LogP contribution >= 0.6 is 27.5 Å². The van der Waals surface area contributed by atoms with Crippen LogP contribution in [0.25, 0.3) is 0 Å². The third kappa shape index (κ3) is 3.68. The molecule has 0 aromatic heterocycles. The average Bonchev–Trinajstić information content (AvgIpc) is 2.47. The molecule has 0 heterocycles. The fourth-order valence-corrected chi connectivity index (χ4v) is 2.72.